The molecule has 122 valence electrons. The third-order valence-corrected chi connectivity index (χ3v) is 5.25. The zero-order chi connectivity index (χ0) is 14.5. The zero-order valence-electron chi connectivity index (χ0n) is 13.3. The third kappa shape index (κ3) is 3.96. The molecule has 5 nitrogen and oxygen atoms in total. The van der Waals surface area contributed by atoms with E-state index in [1.54, 1.807) is 7.11 Å². The molecule has 3 atom stereocenters. The average molecular weight is 298 g/mol. The van der Waals surface area contributed by atoms with Crippen molar-refractivity contribution in [1.82, 2.24) is 10.2 Å². The lowest BCUT2D eigenvalue weighted by Crippen LogP contribution is -2.52. The van der Waals surface area contributed by atoms with Gasteiger partial charge < -0.3 is 19.5 Å². The fraction of sp³-hybridized carbons (Fsp3) is 1.00. The molecule has 3 rings (SSSR count). The van der Waals surface area contributed by atoms with Crippen LogP contribution in [0.1, 0.15) is 32.1 Å². The summed E-state index contributed by atoms with van der Waals surface area (Å²) in [6.45, 7) is 6.66. The first-order valence-electron chi connectivity index (χ1n) is 8.49. The van der Waals surface area contributed by atoms with E-state index in [2.05, 4.69) is 10.2 Å². The van der Waals surface area contributed by atoms with Crippen molar-refractivity contribution in [3.63, 3.8) is 0 Å². The Hall–Kier alpha value is -0.200. The monoisotopic (exact) mass is 298 g/mol. The number of nitrogens with one attached hydrogen (secondary N) is 1. The van der Waals surface area contributed by atoms with Crippen LogP contribution in [0.2, 0.25) is 0 Å². The van der Waals surface area contributed by atoms with Gasteiger partial charge in [-0.1, -0.05) is 0 Å². The second kappa shape index (κ2) is 7.38. The molecule has 21 heavy (non-hydrogen) atoms. The number of rotatable bonds is 6. The van der Waals surface area contributed by atoms with Crippen LogP contribution in [0.5, 0.6) is 0 Å². The van der Waals surface area contributed by atoms with Gasteiger partial charge >= 0.3 is 0 Å². The van der Waals surface area contributed by atoms with E-state index < -0.39 is 0 Å². The van der Waals surface area contributed by atoms with E-state index in [0.29, 0.717) is 12.1 Å². The number of nitrogens with zero attached hydrogens (tertiary/aromatic N) is 1. The largest absolute Gasteiger partial charge is 0.383 e. The Balaban J connectivity index is 1.60. The molecule has 3 saturated heterocycles. The number of hydrogen-bond acceptors (Lipinski definition) is 5. The molecule has 3 unspecified atom stereocenters. The SMILES string of the molecule is COCCN(CC1CCCN1)C1CCOC2(CCOC2)C1. The molecule has 3 aliphatic rings. The summed E-state index contributed by atoms with van der Waals surface area (Å²) in [4.78, 5) is 2.63. The summed E-state index contributed by atoms with van der Waals surface area (Å²) in [6, 6.07) is 1.26. The highest BCUT2D eigenvalue weighted by Crippen LogP contribution is 2.34. The van der Waals surface area contributed by atoms with Crippen LogP contribution in [0, 0.1) is 0 Å². The maximum absolute atomic E-state index is 6.08. The van der Waals surface area contributed by atoms with E-state index in [4.69, 9.17) is 14.2 Å². The van der Waals surface area contributed by atoms with Crippen LogP contribution in [0.25, 0.3) is 0 Å². The van der Waals surface area contributed by atoms with Crippen LogP contribution in [0.15, 0.2) is 0 Å². The van der Waals surface area contributed by atoms with E-state index >= 15 is 0 Å². The minimum atomic E-state index is -0.00264. The van der Waals surface area contributed by atoms with Gasteiger partial charge in [0.05, 0.1) is 18.8 Å². The Morgan fingerprint density at radius 3 is 3.00 bits per heavy atom. The number of hydrogen-bond donors (Lipinski definition) is 1. The molecule has 3 aliphatic heterocycles. The fourth-order valence-electron chi connectivity index (χ4n) is 4.00. The first-order valence-corrected chi connectivity index (χ1v) is 8.49. The van der Waals surface area contributed by atoms with Crippen LogP contribution < -0.4 is 5.32 Å². The summed E-state index contributed by atoms with van der Waals surface area (Å²) in [7, 11) is 1.79. The fourth-order valence-corrected chi connectivity index (χ4v) is 4.00. The first-order chi connectivity index (χ1) is 10.3. The summed E-state index contributed by atoms with van der Waals surface area (Å²) in [5.74, 6) is 0. The molecule has 0 saturated carbocycles. The summed E-state index contributed by atoms with van der Waals surface area (Å²) in [6.07, 6.45) is 5.93. The molecule has 0 aromatic rings. The van der Waals surface area contributed by atoms with Crippen molar-refractivity contribution in [2.45, 2.75) is 49.8 Å². The highest BCUT2D eigenvalue weighted by atomic mass is 16.6. The topological polar surface area (TPSA) is 43.0 Å². The minimum Gasteiger partial charge on any atom is -0.383 e. The maximum atomic E-state index is 6.08. The van der Waals surface area contributed by atoms with Gasteiger partial charge in [-0.15, -0.1) is 0 Å². The van der Waals surface area contributed by atoms with Crippen molar-refractivity contribution >= 4 is 0 Å². The molecular formula is C16H30N2O3. The van der Waals surface area contributed by atoms with Crippen LogP contribution in [-0.4, -0.2) is 75.8 Å². The van der Waals surface area contributed by atoms with Crippen LogP contribution in [0.3, 0.4) is 0 Å². The molecule has 0 radical (unpaired) electrons. The lowest BCUT2D eigenvalue weighted by molar-refractivity contribution is -0.108. The quantitative estimate of drug-likeness (QED) is 0.793. The zero-order valence-corrected chi connectivity index (χ0v) is 13.3. The molecule has 0 bridgehead atoms. The molecule has 3 fully saturated rings. The van der Waals surface area contributed by atoms with Gasteiger partial charge in [0, 0.05) is 51.9 Å². The Bertz CT molecular complexity index is 315. The van der Waals surface area contributed by atoms with Gasteiger partial charge in [0.1, 0.15) is 0 Å². The van der Waals surface area contributed by atoms with Gasteiger partial charge in [0.15, 0.2) is 0 Å². The molecule has 0 aliphatic carbocycles. The first kappa shape index (κ1) is 15.7. The van der Waals surface area contributed by atoms with Crippen molar-refractivity contribution in [2.24, 2.45) is 0 Å². The average Bonchev–Trinajstić information content (AvgIpc) is 3.16. The number of methoxy groups -OCH3 is 1. The van der Waals surface area contributed by atoms with Gasteiger partial charge in [-0.05, 0) is 32.2 Å². The predicted molar refractivity (Wildman–Crippen MR) is 81.6 cm³/mol. The smallest absolute Gasteiger partial charge is 0.0951 e. The second-order valence-corrected chi connectivity index (χ2v) is 6.76. The van der Waals surface area contributed by atoms with Crippen molar-refractivity contribution in [1.29, 1.82) is 0 Å². The van der Waals surface area contributed by atoms with E-state index in [1.165, 1.54) is 19.4 Å². The Morgan fingerprint density at radius 2 is 2.29 bits per heavy atom. The molecule has 1 N–H and O–H groups in total. The van der Waals surface area contributed by atoms with Gasteiger partial charge in [0.2, 0.25) is 0 Å². The molecule has 0 amide bonds. The van der Waals surface area contributed by atoms with Crippen LogP contribution >= 0.6 is 0 Å². The lowest BCUT2D eigenvalue weighted by atomic mass is 9.88. The van der Waals surface area contributed by atoms with Crippen molar-refractivity contribution in [3.8, 4) is 0 Å². The third-order valence-electron chi connectivity index (χ3n) is 5.25. The normalized spacial score (nSPS) is 36.9. The molecule has 0 aromatic carbocycles. The van der Waals surface area contributed by atoms with E-state index in [0.717, 1.165) is 58.8 Å². The van der Waals surface area contributed by atoms with Crippen LogP contribution in [0.4, 0.5) is 0 Å². The van der Waals surface area contributed by atoms with Gasteiger partial charge in [-0.2, -0.15) is 0 Å². The highest BCUT2D eigenvalue weighted by Gasteiger charge is 2.42. The standard InChI is InChI=1S/C16H30N2O3/c1-19-10-7-18(12-14-3-2-6-17-14)15-4-8-21-16(11-15)5-9-20-13-16/h14-15,17H,2-13H2,1H3. The lowest BCUT2D eigenvalue weighted by Gasteiger charge is -2.43. The number of ether oxygens (including phenoxy) is 3. The molecular weight excluding hydrogens is 268 g/mol. The van der Waals surface area contributed by atoms with E-state index in [-0.39, 0.29) is 5.60 Å². The molecule has 0 aromatic heterocycles. The van der Waals surface area contributed by atoms with Gasteiger partial charge in [-0.3, -0.25) is 4.90 Å². The van der Waals surface area contributed by atoms with E-state index in [9.17, 15) is 0 Å². The summed E-state index contributed by atoms with van der Waals surface area (Å²) in [5.41, 5.74) is -0.00264. The summed E-state index contributed by atoms with van der Waals surface area (Å²) in [5, 5.41) is 3.63. The van der Waals surface area contributed by atoms with Crippen molar-refractivity contribution < 1.29 is 14.2 Å². The van der Waals surface area contributed by atoms with Crippen molar-refractivity contribution in [2.75, 3.05) is 53.2 Å². The maximum Gasteiger partial charge on any atom is 0.0951 e. The summed E-state index contributed by atoms with van der Waals surface area (Å²) < 4.78 is 17.0. The van der Waals surface area contributed by atoms with Gasteiger partial charge in [-0.25, -0.2) is 0 Å². The Kier molecular flexibility index (Phi) is 5.51. The Labute approximate surface area is 128 Å². The van der Waals surface area contributed by atoms with Crippen molar-refractivity contribution in [3.05, 3.63) is 0 Å². The molecule has 1 spiro atoms. The summed E-state index contributed by atoms with van der Waals surface area (Å²) >= 11 is 0. The Morgan fingerprint density at radius 1 is 1.33 bits per heavy atom. The highest BCUT2D eigenvalue weighted by molar-refractivity contribution is 4.94. The predicted octanol–water partition coefficient (Wildman–Crippen LogP) is 1.02. The minimum absolute atomic E-state index is 0.00264. The second-order valence-electron chi connectivity index (χ2n) is 6.76. The van der Waals surface area contributed by atoms with Gasteiger partial charge in [0.25, 0.3) is 0 Å². The molecule has 5 heteroatoms. The molecule has 3 heterocycles. The van der Waals surface area contributed by atoms with Crippen LogP contribution in [-0.2, 0) is 14.2 Å². The van der Waals surface area contributed by atoms with E-state index in [1.807, 2.05) is 0 Å².